The van der Waals surface area contributed by atoms with Crippen molar-refractivity contribution in [2.45, 2.75) is 39.5 Å². The van der Waals surface area contributed by atoms with E-state index < -0.39 is 0 Å². The van der Waals surface area contributed by atoms with Crippen LogP contribution in [0.1, 0.15) is 25.2 Å². The van der Waals surface area contributed by atoms with E-state index >= 15 is 0 Å². The Kier molecular flexibility index (Phi) is 3.64. The van der Waals surface area contributed by atoms with Crippen molar-refractivity contribution < 1.29 is 0 Å². The number of nitrogens with zero attached hydrogens (tertiary/aromatic N) is 5. The Morgan fingerprint density at radius 1 is 1.35 bits per heavy atom. The molecule has 0 saturated carbocycles. The van der Waals surface area contributed by atoms with Gasteiger partial charge in [0.05, 0.1) is 6.54 Å². The molecule has 1 N–H and O–H groups in total. The third kappa shape index (κ3) is 2.65. The van der Waals surface area contributed by atoms with Gasteiger partial charge in [-0.3, -0.25) is 4.98 Å². The molecule has 0 spiro atoms. The van der Waals surface area contributed by atoms with Crippen LogP contribution >= 0.6 is 0 Å². The van der Waals surface area contributed by atoms with Crippen LogP contribution in [0.5, 0.6) is 0 Å². The minimum atomic E-state index is 0.465. The number of hydrogen-bond acceptors (Lipinski definition) is 5. The number of nitrogens with one attached hydrogen (secondary N) is 1. The van der Waals surface area contributed by atoms with E-state index in [1.165, 1.54) is 11.3 Å². The molecule has 106 valence electrons. The lowest BCUT2D eigenvalue weighted by Gasteiger charge is -2.30. The van der Waals surface area contributed by atoms with Crippen LogP contribution < -0.4 is 10.2 Å². The van der Waals surface area contributed by atoms with Crippen molar-refractivity contribution in [3.05, 3.63) is 36.2 Å². The van der Waals surface area contributed by atoms with Gasteiger partial charge in [-0.25, -0.2) is 0 Å². The summed E-state index contributed by atoms with van der Waals surface area (Å²) in [5.74, 6) is 1.02. The maximum Gasteiger partial charge on any atom is 0.152 e. The smallest absolute Gasteiger partial charge is 0.152 e. The monoisotopic (exact) mass is 272 g/mol. The van der Waals surface area contributed by atoms with E-state index in [2.05, 4.69) is 49.9 Å². The minimum Gasteiger partial charge on any atom is -0.362 e. The molecule has 1 aliphatic rings. The third-order valence-electron chi connectivity index (χ3n) is 3.56. The van der Waals surface area contributed by atoms with E-state index in [1.54, 1.807) is 6.33 Å². The van der Waals surface area contributed by atoms with Gasteiger partial charge in [-0.1, -0.05) is 13.8 Å². The van der Waals surface area contributed by atoms with Gasteiger partial charge in [0, 0.05) is 49.3 Å². The van der Waals surface area contributed by atoms with Crippen molar-refractivity contribution in [3.63, 3.8) is 0 Å². The fraction of sp³-hybridized carbons (Fsp3) is 0.500. The van der Waals surface area contributed by atoms with Gasteiger partial charge in [-0.2, -0.15) is 0 Å². The number of pyridine rings is 1. The fourth-order valence-electron chi connectivity index (χ4n) is 2.45. The molecule has 0 unspecified atom stereocenters. The first-order valence-electron chi connectivity index (χ1n) is 7.02. The number of anilines is 1. The Balaban J connectivity index is 1.80. The predicted molar refractivity (Wildman–Crippen MR) is 77.3 cm³/mol. The Morgan fingerprint density at radius 3 is 3.10 bits per heavy atom. The molecule has 3 heterocycles. The van der Waals surface area contributed by atoms with Crippen LogP contribution in [0.4, 0.5) is 5.69 Å². The predicted octanol–water partition coefficient (Wildman–Crippen LogP) is 1.19. The van der Waals surface area contributed by atoms with Gasteiger partial charge in [-0.15, -0.1) is 10.2 Å². The van der Waals surface area contributed by atoms with Crippen LogP contribution in [-0.4, -0.2) is 32.3 Å². The molecule has 6 nitrogen and oxygen atoms in total. The Bertz CT molecular complexity index is 577. The largest absolute Gasteiger partial charge is 0.362 e. The zero-order valence-electron chi connectivity index (χ0n) is 12.0. The molecule has 0 radical (unpaired) electrons. The van der Waals surface area contributed by atoms with Gasteiger partial charge in [0.15, 0.2) is 5.82 Å². The topological polar surface area (TPSA) is 58.9 Å². The normalized spacial score (nSPS) is 14.7. The van der Waals surface area contributed by atoms with Crippen LogP contribution in [0.2, 0.25) is 0 Å². The van der Waals surface area contributed by atoms with Gasteiger partial charge in [0.25, 0.3) is 0 Å². The molecule has 1 aliphatic heterocycles. The number of aromatic nitrogens is 4. The van der Waals surface area contributed by atoms with E-state index in [1.807, 2.05) is 12.4 Å². The minimum absolute atomic E-state index is 0.465. The van der Waals surface area contributed by atoms with Crippen LogP contribution in [0.25, 0.3) is 0 Å². The highest BCUT2D eigenvalue weighted by Gasteiger charge is 2.19. The number of rotatable bonds is 4. The lowest BCUT2D eigenvalue weighted by atomic mass is 10.2. The average Bonchev–Trinajstić information content (AvgIpc) is 2.92. The standard InChI is InChI=1S/C14H20N6/c1-11(2)16-8-12-7-15-4-3-13(12)19-5-6-20-10-17-18-14(20)9-19/h3-4,7,10-11,16H,5-6,8-9H2,1-2H3. The second kappa shape index (κ2) is 5.58. The third-order valence-corrected chi connectivity index (χ3v) is 3.56. The molecular weight excluding hydrogens is 252 g/mol. The number of hydrogen-bond donors (Lipinski definition) is 1. The summed E-state index contributed by atoms with van der Waals surface area (Å²) in [6.45, 7) is 7.85. The van der Waals surface area contributed by atoms with Crippen LogP contribution in [-0.2, 0) is 19.6 Å². The molecule has 0 saturated heterocycles. The first kappa shape index (κ1) is 13.1. The van der Waals surface area contributed by atoms with Gasteiger partial charge in [0.1, 0.15) is 6.33 Å². The van der Waals surface area contributed by atoms with Gasteiger partial charge in [-0.05, 0) is 6.07 Å². The van der Waals surface area contributed by atoms with Gasteiger partial charge in [0.2, 0.25) is 0 Å². The Labute approximate surface area is 118 Å². The summed E-state index contributed by atoms with van der Waals surface area (Å²) >= 11 is 0. The molecule has 0 fully saturated rings. The van der Waals surface area contributed by atoms with Crippen molar-refractivity contribution in [2.24, 2.45) is 0 Å². The SMILES string of the molecule is CC(C)NCc1cnccc1N1CCn2cnnc2C1. The van der Waals surface area contributed by atoms with Crippen molar-refractivity contribution >= 4 is 5.69 Å². The molecule has 6 heteroatoms. The summed E-state index contributed by atoms with van der Waals surface area (Å²) < 4.78 is 2.11. The summed E-state index contributed by atoms with van der Waals surface area (Å²) in [6.07, 6.45) is 5.61. The van der Waals surface area contributed by atoms with E-state index in [9.17, 15) is 0 Å². The number of fused-ring (bicyclic) bond motifs is 1. The molecule has 0 amide bonds. The summed E-state index contributed by atoms with van der Waals surface area (Å²) in [6, 6.07) is 2.55. The second-order valence-electron chi connectivity index (χ2n) is 5.40. The maximum atomic E-state index is 4.25. The average molecular weight is 272 g/mol. The highest BCUT2D eigenvalue weighted by Crippen LogP contribution is 2.23. The lowest BCUT2D eigenvalue weighted by molar-refractivity contribution is 0.552. The first-order valence-corrected chi connectivity index (χ1v) is 7.02. The van der Waals surface area contributed by atoms with Gasteiger partial charge < -0.3 is 14.8 Å². The molecular formula is C14H20N6. The van der Waals surface area contributed by atoms with Crippen molar-refractivity contribution in [2.75, 3.05) is 11.4 Å². The maximum absolute atomic E-state index is 4.25. The molecule has 0 bridgehead atoms. The molecule has 0 aliphatic carbocycles. The van der Waals surface area contributed by atoms with Crippen molar-refractivity contribution in [1.82, 2.24) is 25.1 Å². The zero-order chi connectivity index (χ0) is 13.9. The van der Waals surface area contributed by atoms with Crippen LogP contribution in [0.15, 0.2) is 24.8 Å². The van der Waals surface area contributed by atoms with Crippen molar-refractivity contribution in [1.29, 1.82) is 0 Å². The molecule has 2 aromatic rings. The quantitative estimate of drug-likeness (QED) is 0.906. The van der Waals surface area contributed by atoms with E-state index in [0.717, 1.165) is 32.0 Å². The highest BCUT2D eigenvalue weighted by atomic mass is 15.3. The van der Waals surface area contributed by atoms with Gasteiger partial charge >= 0.3 is 0 Å². The Hall–Kier alpha value is -1.95. The summed E-state index contributed by atoms with van der Waals surface area (Å²) in [5, 5.41) is 11.6. The lowest BCUT2D eigenvalue weighted by Crippen LogP contribution is -2.34. The van der Waals surface area contributed by atoms with E-state index in [4.69, 9.17) is 0 Å². The second-order valence-corrected chi connectivity index (χ2v) is 5.40. The summed E-state index contributed by atoms with van der Waals surface area (Å²) in [4.78, 5) is 6.60. The van der Waals surface area contributed by atoms with Crippen LogP contribution in [0, 0.1) is 0 Å². The Morgan fingerprint density at radius 2 is 2.25 bits per heavy atom. The summed E-state index contributed by atoms with van der Waals surface area (Å²) in [5.41, 5.74) is 2.47. The van der Waals surface area contributed by atoms with Crippen molar-refractivity contribution in [3.8, 4) is 0 Å². The van der Waals surface area contributed by atoms with E-state index in [0.29, 0.717) is 6.04 Å². The van der Waals surface area contributed by atoms with E-state index in [-0.39, 0.29) is 0 Å². The molecule has 0 atom stereocenters. The molecule has 0 aromatic carbocycles. The molecule has 2 aromatic heterocycles. The molecule has 3 rings (SSSR count). The first-order chi connectivity index (χ1) is 9.74. The van der Waals surface area contributed by atoms with Crippen LogP contribution in [0.3, 0.4) is 0 Å². The zero-order valence-corrected chi connectivity index (χ0v) is 12.0. The highest BCUT2D eigenvalue weighted by molar-refractivity contribution is 5.52. The molecule has 20 heavy (non-hydrogen) atoms. The fourth-order valence-corrected chi connectivity index (χ4v) is 2.45. The summed E-state index contributed by atoms with van der Waals surface area (Å²) in [7, 11) is 0.